The van der Waals surface area contributed by atoms with Crippen molar-refractivity contribution in [2.24, 2.45) is 11.8 Å². The number of benzene rings is 1. The van der Waals surface area contributed by atoms with E-state index in [0.29, 0.717) is 30.9 Å². The van der Waals surface area contributed by atoms with Gasteiger partial charge in [0.25, 0.3) is 0 Å². The maximum Gasteiger partial charge on any atom is 0.226 e. The first-order chi connectivity index (χ1) is 12.6. The molecule has 3 unspecified atom stereocenters. The van der Waals surface area contributed by atoms with Crippen LogP contribution in [0.2, 0.25) is 0 Å². The van der Waals surface area contributed by atoms with Crippen LogP contribution in [0.25, 0.3) is 10.6 Å². The van der Waals surface area contributed by atoms with E-state index in [9.17, 15) is 4.79 Å². The molecule has 1 N–H and O–H groups in total. The van der Waals surface area contributed by atoms with Gasteiger partial charge in [-0.2, -0.15) is 0 Å². The van der Waals surface area contributed by atoms with Gasteiger partial charge in [0.05, 0.1) is 24.3 Å². The number of nitrogens with zero attached hydrogens (tertiary/aromatic N) is 1. The molecule has 140 valence electrons. The van der Waals surface area contributed by atoms with E-state index in [4.69, 9.17) is 4.74 Å². The molecule has 1 amide bonds. The van der Waals surface area contributed by atoms with Gasteiger partial charge in [0, 0.05) is 11.4 Å². The van der Waals surface area contributed by atoms with E-state index in [-0.39, 0.29) is 5.91 Å². The van der Waals surface area contributed by atoms with Crippen LogP contribution < -0.4 is 10.1 Å². The number of hydrogen-bond acceptors (Lipinski definition) is 4. The number of rotatable bonds is 6. The van der Waals surface area contributed by atoms with Crippen LogP contribution >= 0.6 is 11.3 Å². The minimum absolute atomic E-state index is 0.0749. The molecule has 26 heavy (non-hydrogen) atoms. The number of hydrogen-bond donors (Lipinski definition) is 1. The lowest BCUT2D eigenvalue weighted by molar-refractivity contribution is -0.121. The second kappa shape index (κ2) is 8.67. The largest absolute Gasteiger partial charge is 0.493 e. The quantitative estimate of drug-likeness (QED) is 0.800. The summed E-state index contributed by atoms with van der Waals surface area (Å²) in [6, 6.07) is 8.21. The minimum atomic E-state index is 0.0749. The maximum atomic E-state index is 12.5. The number of para-hydroxylation sites is 1. The van der Waals surface area contributed by atoms with Gasteiger partial charge in [0.1, 0.15) is 10.8 Å². The lowest BCUT2D eigenvalue weighted by Gasteiger charge is -2.34. The SMILES string of the molecule is CCOc1ccccc1-c1nc(CC(=O)NC2CCCC(C)C2C)cs1. The molecule has 1 aliphatic carbocycles. The van der Waals surface area contributed by atoms with Crippen molar-refractivity contribution in [2.45, 2.75) is 52.5 Å². The van der Waals surface area contributed by atoms with Gasteiger partial charge >= 0.3 is 0 Å². The first kappa shape index (κ1) is 18.9. The topological polar surface area (TPSA) is 51.2 Å². The first-order valence-corrected chi connectivity index (χ1v) is 10.4. The molecule has 5 heteroatoms. The van der Waals surface area contributed by atoms with Gasteiger partial charge < -0.3 is 10.1 Å². The Morgan fingerprint density at radius 3 is 2.92 bits per heavy atom. The summed E-state index contributed by atoms with van der Waals surface area (Å²) >= 11 is 1.56. The van der Waals surface area contributed by atoms with E-state index in [0.717, 1.165) is 28.4 Å². The Morgan fingerprint density at radius 1 is 1.31 bits per heavy atom. The molecule has 1 heterocycles. The Morgan fingerprint density at radius 2 is 2.12 bits per heavy atom. The summed E-state index contributed by atoms with van der Waals surface area (Å²) in [6.07, 6.45) is 3.89. The summed E-state index contributed by atoms with van der Waals surface area (Å²) in [5.41, 5.74) is 1.81. The molecule has 1 aliphatic rings. The maximum absolute atomic E-state index is 12.5. The lowest BCUT2D eigenvalue weighted by Crippen LogP contribution is -2.44. The standard InChI is InChI=1S/C21H28N2O2S/c1-4-25-19-11-6-5-9-17(19)21-22-16(13-26-21)12-20(24)23-18-10-7-8-14(2)15(18)3/h5-6,9,11,13-15,18H,4,7-8,10,12H2,1-3H3,(H,23,24). The summed E-state index contributed by atoms with van der Waals surface area (Å²) in [4.78, 5) is 17.1. The smallest absolute Gasteiger partial charge is 0.226 e. The van der Waals surface area contributed by atoms with Crippen LogP contribution in [-0.2, 0) is 11.2 Å². The fourth-order valence-electron chi connectivity index (χ4n) is 3.64. The molecule has 0 aliphatic heterocycles. The normalized spacial score (nSPS) is 22.8. The lowest BCUT2D eigenvalue weighted by atomic mass is 9.78. The number of carbonyl (C=O) groups excluding carboxylic acids is 1. The van der Waals surface area contributed by atoms with Crippen molar-refractivity contribution >= 4 is 17.2 Å². The van der Waals surface area contributed by atoms with E-state index in [1.807, 2.05) is 36.6 Å². The minimum Gasteiger partial charge on any atom is -0.493 e. The van der Waals surface area contributed by atoms with Crippen LogP contribution in [0.1, 0.15) is 45.7 Å². The Bertz CT molecular complexity index is 743. The molecule has 1 aromatic heterocycles. The second-order valence-corrected chi connectivity index (χ2v) is 8.05. The summed E-state index contributed by atoms with van der Waals surface area (Å²) in [7, 11) is 0. The van der Waals surface area contributed by atoms with Gasteiger partial charge in [-0.3, -0.25) is 4.79 Å². The van der Waals surface area contributed by atoms with Gasteiger partial charge in [-0.25, -0.2) is 4.98 Å². The van der Waals surface area contributed by atoms with Crippen LogP contribution in [0.15, 0.2) is 29.6 Å². The highest BCUT2D eigenvalue weighted by molar-refractivity contribution is 7.13. The average molecular weight is 373 g/mol. The Balaban J connectivity index is 1.64. The van der Waals surface area contributed by atoms with Crippen molar-refractivity contribution in [2.75, 3.05) is 6.61 Å². The molecule has 0 saturated heterocycles. The number of aromatic nitrogens is 1. The van der Waals surface area contributed by atoms with Crippen molar-refractivity contribution in [3.63, 3.8) is 0 Å². The number of amides is 1. The number of carbonyl (C=O) groups is 1. The molecule has 3 rings (SSSR count). The predicted molar refractivity (Wildman–Crippen MR) is 107 cm³/mol. The third-order valence-corrected chi connectivity index (χ3v) is 6.29. The van der Waals surface area contributed by atoms with Crippen LogP contribution in [0.5, 0.6) is 5.75 Å². The first-order valence-electron chi connectivity index (χ1n) is 9.54. The molecule has 0 spiro atoms. The summed E-state index contributed by atoms with van der Waals surface area (Å²) in [5, 5.41) is 6.11. The highest BCUT2D eigenvalue weighted by Gasteiger charge is 2.28. The molecule has 1 saturated carbocycles. The van der Waals surface area contributed by atoms with Gasteiger partial charge in [-0.05, 0) is 37.3 Å². The molecule has 1 aromatic carbocycles. The van der Waals surface area contributed by atoms with Crippen LogP contribution in [-0.4, -0.2) is 23.5 Å². The summed E-state index contributed by atoms with van der Waals surface area (Å²) in [6.45, 7) is 7.13. The van der Waals surface area contributed by atoms with Crippen molar-refractivity contribution < 1.29 is 9.53 Å². The van der Waals surface area contributed by atoms with Gasteiger partial charge in [0.2, 0.25) is 5.91 Å². The van der Waals surface area contributed by atoms with Crippen LogP contribution in [0.3, 0.4) is 0 Å². The summed E-state index contributed by atoms with van der Waals surface area (Å²) < 4.78 is 5.69. The van der Waals surface area contributed by atoms with E-state index < -0.39 is 0 Å². The molecule has 4 nitrogen and oxygen atoms in total. The average Bonchev–Trinajstić information content (AvgIpc) is 3.08. The van der Waals surface area contributed by atoms with Gasteiger partial charge in [-0.15, -0.1) is 11.3 Å². The number of thiazole rings is 1. The Kier molecular flexibility index (Phi) is 6.30. The monoisotopic (exact) mass is 372 g/mol. The van der Waals surface area contributed by atoms with E-state index in [1.54, 1.807) is 11.3 Å². The highest BCUT2D eigenvalue weighted by Crippen LogP contribution is 2.32. The number of ether oxygens (including phenoxy) is 1. The van der Waals surface area contributed by atoms with Crippen molar-refractivity contribution in [3.8, 4) is 16.3 Å². The molecule has 1 fully saturated rings. The zero-order valence-electron chi connectivity index (χ0n) is 15.8. The Labute approximate surface area is 160 Å². The van der Waals surface area contributed by atoms with Gasteiger partial charge in [-0.1, -0.05) is 38.8 Å². The fourth-order valence-corrected chi connectivity index (χ4v) is 4.49. The third kappa shape index (κ3) is 4.44. The fraction of sp³-hybridized carbons (Fsp3) is 0.524. The molecular weight excluding hydrogens is 344 g/mol. The Hall–Kier alpha value is -1.88. The molecular formula is C21H28N2O2S. The molecule has 2 aromatic rings. The van der Waals surface area contributed by atoms with Crippen LogP contribution in [0.4, 0.5) is 0 Å². The molecule has 0 bridgehead atoms. The van der Waals surface area contributed by atoms with E-state index in [1.165, 1.54) is 12.8 Å². The van der Waals surface area contributed by atoms with Crippen LogP contribution in [0, 0.1) is 11.8 Å². The van der Waals surface area contributed by atoms with Crippen molar-refractivity contribution in [1.82, 2.24) is 10.3 Å². The molecule has 3 atom stereocenters. The van der Waals surface area contributed by atoms with E-state index >= 15 is 0 Å². The van der Waals surface area contributed by atoms with Crippen molar-refractivity contribution in [3.05, 3.63) is 35.3 Å². The third-order valence-electron chi connectivity index (χ3n) is 5.36. The zero-order chi connectivity index (χ0) is 18.5. The van der Waals surface area contributed by atoms with Gasteiger partial charge in [0.15, 0.2) is 0 Å². The predicted octanol–water partition coefficient (Wildman–Crippen LogP) is 4.69. The van der Waals surface area contributed by atoms with Crippen molar-refractivity contribution in [1.29, 1.82) is 0 Å². The molecule has 0 radical (unpaired) electrons. The second-order valence-electron chi connectivity index (χ2n) is 7.19. The van der Waals surface area contributed by atoms with E-state index in [2.05, 4.69) is 24.1 Å². The summed E-state index contributed by atoms with van der Waals surface area (Å²) in [5.74, 6) is 2.13. The number of nitrogens with one attached hydrogen (secondary N) is 1. The zero-order valence-corrected chi connectivity index (χ0v) is 16.6. The highest BCUT2D eigenvalue weighted by atomic mass is 32.1.